The molecular formula is C21H22N4O5. The molecule has 0 radical (unpaired) electrons. The van der Waals surface area contributed by atoms with E-state index in [-0.39, 0.29) is 23.6 Å². The van der Waals surface area contributed by atoms with Gasteiger partial charge in [-0.25, -0.2) is 9.69 Å². The van der Waals surface area contributed by atoms with Crippen LogP contribution in [-0.2, 0) is 9.53 Å². The Labute approximate surface area is 173 Å². The Balaban J connectivity index is 1.79. The SMILES string of the molecule is COCCCN1C(=O)c2ccc(NC(=O)N(C(C)=O)c3ccc(N)cc3)cc2C1=O. The fraction of sp³-hybridized carbons (Fsp3) is 0.238. The van der Waals surface area contributed by atoms with Gasteiger partial charge in [-0.05, 0) is 48.9 Å². The summed E-state index contributed by atoms with van der Waals surface area (Å²) in [6.45, 7) is 1.94. The number of urea groups is 1. The van der Waals surface area contributed by atoms with Crippen LogP contribution in [0.15, 0.2) is 42.5 Å². The summed E-state index contributed by atoms with van der Waals surface area (Å²) in [7, 11) is 1.55. The highest BCUT2D eigenvalue weighted by Crippen LogP contribution is 2.27. The maximum absolute atomic E-state index is 12.7. The fourth-order valence-electron chi connectivity index (χ4n) is 3.18. The molecule has 5 amide bonds. The monoisotopic (exact) mass is 410 g/mol. The lowest BCUT2D eigenvalue weighted by molar-refractivity contribution is -0.115. The highest BCUT2D eigenvalue weighted by molar-refractivity contribution is 6.22. The van der Waals surface area contributed by atoms with Crippen molar-refractivity contribution in [3.8, 4) is 0 Å². The van der Waals surface area contributed by atoms with Gasteiger partial charge in [0, 0.05) is 38.6 Å². The molecule has 0 fully saturated rings. The standard InChI is InChI=1S/C21H22N4O5/c1-13(26)25(16-7-4-14(22)5-8-16)21(29)23-15-6-9-17-18(12-15)20(28)24(19(17)27)10-3-11-30-2/h4-9,12H,3,10-11,22H2,1-2H3,(H,23,29). The summed E-state index contributed by atoms with van der Waals surface area (Å²) in [4.78, 5) is 51.9. The molecule has 0 saturated carbocycles. The quantitative estimate of drug-likeness (QED) is 0.429. The van der Waals surface area contributed by atoms with Crippen LogP contribution < -0.4 is 16.0 Å². The second-order valence-electron chi connectivity index (χ2n) is 6.74. The summed E-state index contributed by atoms with van der Waals surface area (Å²) in [5.41, 5.74) is 7.28. The van der Waals surface area contributed by atoms with Gasteiger partial charge < -0.3 is 15.8 Å². The highest BCUT2D eigenvalue weighted by atomic mass is 16.5. The van der Waals surface area contributed by atoms with Gasteiger partial charge in [0.15, 0.2) is 0 Å². The smallest absolute Gasteiger partial charge is 0.333 e. The number of ether oxygens (including phenoxy) is 1. The fourth-order valence-corrected chi connectivity index (χ4v) is 3.18. The highest BCUT2D eigenvalue weighted by Gasteiger charge is 2.35. The average Bonchev–Trinajstić information content (AvgIpc) is 2.94. The number of nitrogens with two attached hydrogens (primary N) is 1. The molecule has 0 atom stereocenters. The van der Waals surface area contributed by atoms with Crippen LogP contribution in [0.3, 0.4) is 0 Å². The first-order valence-corrected chi connectivity index (χ1v) is 9.30. The maximum atomic E-state index is 12.7. The lowest BCUT2D eigenvalue weighted by Crippen LogP contribution is -2.38. The molecular weight excluding hydrogens is 388 g/mol. The van der Waals surface area contributed by atoms with Crippen LogP contribution in [0.4, 0.5) is 21.9 Å². The van der Waals surface area contributed by atoms with Crippen molar-refractivity contribution >= 4 is 40.8 Å². The van der Waals surface area contributed by atoms with E-state index in [1.807, 2.05) is 0 Å². The van der Waals surface area contributed by atoms with E-state index >= 15 is 0 Å². The number of carbonyl (C=O) groups is 4. The van der Waals surface area contributed by atoms with E-state index in [4.69, 9.17) is 10.5 Å². The molecule has 30 heavy (non-hydrogen) atoms. The molecule has 1 aliphatic rings. The van der Waals surface area contributed by atoms with Crippen LogP contribution in [0, 0.1) is 0 Å². The molecule has 2 aromatic rings. The van der Waals surface area contributed by atoms with Crippen molar-refractivity contribution in [2.75, 3.05) is 36.2 Å². The Hall–Kier alpha value is -3.72. The lowest BCUT2D eigenvalue weighted by atomic mass is 10.1. The number of rotatable bonds is 6. The van der Waals surface area contributed by atoms with Crippen molar-refractivity contribution in [3.05, 3.63) is 53.6 Å². The zero-order valence-corrected chi connectivity index (χ0v) is 16.7. The lowest BCUT2D eigenvalue weighted by Gasteiger charge is -2.20. The van der Waals surface area contributed by atoms with E-state index in [0.717, 1.165) is 9.80 Å². The molecule has 1 aliphatic heterocycles. The minimum Gasteiger partial charge on any atom is -0.399 e. The first-order chi connectivity index (χ1) is 14.3. The minimum atomic E-state index is -0.694. The number of methoxy groups -OCH3 is 1. The number of nitrogens with one attached hydrogen (secondary N) is 1. The van der Waals surface area contributed by atoms with Gasteiger partial charge in [0.1, 0.15) is 0 Å². The first-order valence-electron chi connectivity index (χ1n) is 9.30. The largest absolute Gasteiger partial charge is 0.399 e. The summed E-state index contributed by atoms with van der Waals surface area (Å²) in [5.74, 6) is -1.30. The van der Waals surface area contributed by atoms with E-state index in [0.29, 0.717) is 30.1 Å². The molecule has 0 saturated heterocycles. The number of imide groups is 2. The molecule has 1 heterocycles. The second kappa shape index (κ2) is 8.75. The molecule has 3 N–H and O–H groups in total. The number of nitrogens with zero attached hydrogens (tertiary/aromatic N) is 2. The maximum Gasteiger partial charge on any atom is 0.333 e. The van der Waals surface area contributed by atoms with Gasteiger partial charge in [0.05, 0.1) is 16.8 Å². The normalized spacial score (nSPS) is 12.7. The number of benzene rings is 2. The van der Waals surface area contributed by atoms with Gasteiger partial charge in [-0.2, -0.15) is 0 Å². The Morgan fingerprint density at radius 2 is 1.73 bits per heavy atom. The summed E-state index contributed by atoms with van der Waals surface area (Å²) >= 11 is 0. The van der Waals surface area contributed by atoms with Crippen molar-refractivity contribution < 1.29 is 23.9 Å². The van der Waals surface area contributed by atoms with Crippen molar-refractivity contribution in [3.63, 3.8) is 0 Å². The van der Waals surface area contributed by atoms with E-state index in [1.165, 1.54) is 25.1 Å². The molecule has 9 heteroatoms. The van der Waals surface area contributed by atoms with E-state index in [2.05, 4.69) is 5.32 Å². The third-order valence-corrected chi connectivity index (χ3v) is 4.62. The summed E-state index contributed by atoms with van der Waals surface area (Å²) in [6.07, 6.45) is 0.528. The number of amides is 5. The van der Waals surface area contributed by atoms with Crippen molar-refractivity contribution in [1.82, 2.24) is 4.90 Å². The van der Waals surface area contributed by atoms with Crippen molar-refractivity contribution in [2.45, 2.75) is 13.3 Å². The first kappa shape index (κ1) is 21.0. The Morgan fingerprint density at radius 1 is 1.07 bits per heavy atom. The number of carbonyl (C=O) groups excluding carboxylic acids is 4. The summed E-state index contributed by atoms with van der Waals surface area (Å²) < 4.78 is 4.96. The molecule has 0 bridgehead atoms. The van der Waals surface area contributed by atoms with Crippen molar-refractivity contribution in [2.24, 2.45) is 0 Å². The van der Waals surface area contributed by atoms with E-state index in [9.17, 15) is 19.2 Å². The van der Waals surface area contributed by atoms with Gasteiger partial charge in [-0.15, -0.1) is 0 Å². The van der Waals surface area contributed by atoms with Crippen LogP contribution in [0.2, 0.25) is 0 Å². The van der Waals surface area contributed by atoms with Gasteiger partial charge in [-0.3, -0.25) is 19.3 Å². The van der Waals surface area contributed by atoms with Gasteiger partial charge in [0.25, 0.3) is 11.8 Å². The average molecular weight is 410 g/mol. The van der Waals surface area contributed by atoms with Gasteiger partial charge in [-0.1, -0.05) is 0 Å². The topological polar surface area (TPSA) is 122 Å². The van der Waals surface area contributed by atoms with Crippen LogP contribution in [-0.4, -0.2) is 48.9 Å². The third kappa shape index (κ3) is 4.15. The Kier molecular flexibility index (Phi) is 6.12. The molecule has 156 valence electrons. The number of hydrogen-bond acceptors (Lipinski definition) is 6. The predicted octanol–water partition coefficient (Wildman–Crippen LogP) is 2.49. The molecule has 9 nitrogen and oxygen atoms in total. The molecule has 0 spiro atoms. The second-order valence-corrected chi connectivity index (χ2v) is 6.74. The van der Waals surface area contributed by atoms with E-state index in [1.54, 1.807) is 31.4 Å². The van der Waals surface area contributed by atoms with Crippen LogP contribution in [0.5, 0.6) is 0 Å². The number of fused-ring (bicyclic) bond motifs is 1. The Morgan fingerprint density at radius 3 is 2.37 bits per heavy atom. The molecule has 0 aliphatic carbocycles. The van der Waals surface area contributed by atoms with Crippen LogP contribution in [0.25, 0.3) is 0 Å². The molecule has 0 aromatic heterocycles. The molecule has 0 unspecified atom stereocenters. The number of hydrogen-bond donors (Lipinski definition) is 2. The van der Waals surface area contributed by atoms with Gasteiger partial charge in [0.2, 0.25) is 5.91 Å². The molecule has 2 aromatic carbocycles. The summed E-state index contributed by atoms with van der Waals surface area (Å²) in [5, 5.41) is 2.60. The van der Waals surface area contributed by atoms with E-state index < -0.39 is 17.8 Å². The minimum absolute atomic E-state index is 0.206. The third-order valence-electron chi connectivity index (χ3n) is 4.62. The van der Waals surface area contributed by atoms with Crippen LogP contribution >= 0.6 is 0 Å². The Bertz CT molecular complexity index is 1000. The van der Waals surface area contributed by atoms with Crippen molar-refractivity contribution in [1.29, 1.82) is 0 Å². The zero-order valence-electron chi connectivity index (χ0n) is 16.7. The summed E-state index contributed by atoms with van der Waals surface area (Å²) in [6, 6.07) is 10.0. The molecule has 3 rings (SSSR count). The predicted molar refractivity (Wildman–Crippen MR) is 111 cm³/mol. The zero-order chi connectivity index (χ0) is 21.8. The van der Waals surface area contributed by atoms with Crippen LogP contribution in [0.1, 0.15) is 34.1 Å². The number of anilines is 3. The van der Waals surface area contributed by atoms with Gasteiger partial charge >= 0.3 is 6.03 Å². The number of nitrogen functional groups attached to an aromatic ring is 1.